The van der Waals surface area contributed by atoms with Gasteiger partial charge in [0.15, 0.2) is 5.78 Å². The maximum atomic E-state index is 13.4. The van der Waals surface area contributed by atoms with Crippen LogP contribution in [-0.2, 0) is 28.6 Å². The van der Waals surface area contributed by atoms with Crippen molar-refractivity contribution < 1.29 is 28.6 Å². The first-order valence-electron chi connectivity index (χ1n) is 12.3. The highest BCUT2D eigenvalue weighted by molar-refractivity contribution is 14.1. The van der Waals surface area contributed by atoms with Crippen molar-refractivity contribution in [3.05, 3.63) is 69.4 Å². The van der Waals surface area contributed by atoms with E-state index >= 15 is 0 Å². The molecule has 1 aromatic rings. The van der Waals surface area contributed by atoms with Gasteiger partial charge in [0.25, 0.3) is 0 Å². The number of allylic oxidation sites excluding steroid dienone is 2. The highest BCUT2D eigenvalue weighted by Gasteiger charge is 2.71. The molecule has 0 amide bonds. The van der Waals surface area contributed by atoms with Crippen LogP contribution in [0, 0.1) is 22.7 Å². The lowest BCUT2D eigenvalue weighted by atomic mass is 9.47. The monoisotopic (exact) mass is 602 g/mol. The fraction of sp³-hybridized carbons (Fsp3) is 0.483. The Morgan fingerprint density at radius 1 is 1.22 bits per heavy atom. The number of carbonyl (C=O) groups excluding carboxylic acids is 3. The maximum absolute atomic E-state index is 13.4. The van der Waals surface area contributed by atoms with Crippen molar-refractivity contribution >= 4 is 40.3 Å². The second-order valence-corrected chi connectivity index (χ2v) is 12.0. The molecule has 7 heteroatoms. The van der Waals surface area contributed by atoms with Crippen molar-refractivity contribution in [2.45, 2.75) is 57.8 Å². The minimum absolute atomic E-state index is 0.0119. The number of benzene rings is 1. The average Bonchev–Trinajstić information content (AvgIpc) is 3.30. The second kappa shape index (κ2) is 8.94. The summed E-state index contributed by atoms with van der Waals surface area (Å²) in [4.78, 5) is 39.0. The summed E-state index contributed by atoms with van der Waals surface area (Å²) in [6, 6.07) is 10.3. The van der Waals surface area contributed by atoms with Crippen molar-refractivity contribution in [2.24, 2.45) is 22.7 Å². The van der Waals surface area contributed by atoms with Crippen molar-refractivity contribution in [2.75, 3.05) is 7.11 Å². The van der Waals surface area contributed by atoms with E-state index in [4.69, 9.17) is 14.2 Å². The summed E-state index contributed by atoms with van der Waals surface area (Å²) >= 11 is 2.35. The fourth-order valence-corrected chi connectivity index (χ4v) is 7.74. The van der Waals surface area contributed by atoms with Crippen molar-refractivity contribution in [1.82, 2.24) is 0 Å². The summed E-state index contributed by atoms with van der Waals surface area (Å²) in [6.45, 7) is 10.1. The number of methoxy groups -OCH3 is 1. The van der Waals surface area contributed by atoms with E-state index in [1.165, 1.54) is 24.3 Å². The van der Waals surface area contributed by atoms with Gasteiger partial charge in [0.1, 0.15) is 12.2 Å². The topological polar surface area (TPSA) is 78.9 Å². The first-order chi connectivity index (χ1) is 17.0. The van der Waals surface area contributed by atoms with Crippen LogP contribution in [0.15, 0.2) is 63.8 Å². The molecule has 0 radical (unpaired) electrons. The van der Waals surface area contributed by atoms with E-state index in [0.29, 0.717) is 5.57 Å². The zero-order chi connectivity index (χ0) is 26.0. The van der Waals surface area contributed by atoms with E-state index in [9.17, 15) is 14.4 Å². The molecule has 4 aliphatic rings. The maximum Gasteiger partial charge on any atom is 0.316 e. The van der Waals surface area contributed by atoms with E-state index in [0.717, 1.165) is 10.0 Å². The van der Waals surface area contributed by atoms with Crippen molar-refractivity contribution in [3.8, 4) is 0 Å². The molecule has 0 N–H and O–H groups in total. The van der Waals surface area contributed by atoms with Gasteiger partial charge < -0.3 is 14.2 Å². The number of ketones is 1. The van der Waals surface area contributed by atoms with Gasteiger partial charge in [-0.25, -0.2) is 0 Å². The molecule has 190 valence electrons. The molecule has 1 saturated carbocycles. The van der Waals surface area contributed by atoms with Gasteiger partial charge in [-0.2, -0.15) is 0 Å². The Morgan fingerprint density at radius 2 is 1.92 bits per heavy atom. The Kier molecular flexibility index (Phi) is 6.31. The summed E-state index contributed by atoms with van der Waals surface area (Å²) in [7, 11) is 1.33. The van der Waals surface area contributed by atoms with Crippen LogP contribution >= 0.6 is 22.6 Å². The summed E-state index contributed by atoms with van der Waals surface area (Å²) in [5.74, 6) is -1.72. The Bertz CT molecular complexity index is 1200. The first kappa shape index (κ1) is 25.4. The number of hydrogen-bond acceptors (Lipinski definition) is 6. The number of carbonyl (C=O) groups is 3. The lowest BCUT2D eigenvalue weighted by Gasteiger charge is -2.54. The van der Waals surface area contributed by atoms with E-state index in [2.05, 4.69) is 48.2 Å². The Balaban J connectivity index is 1.52. The Hall–Kier alpha value is -2.26. The molecule has 36 heavy (non-hydrogen) atoms. The van der Waals surface area contributed by atoms with Crippen LogP contribution in [-0.4, -0.2) is 43.1 Å². The van der Waals surface area contributed by atoms with E-state index in [1.54, 1.807) is 6.08 Å². The molecule has 1 aliphatic heterocycles. The molecule has 2 fully saturated rings. The predicted molar refractivity (Wildman–Crippen MR) is 142 cm³/mol. The average molecular weight is 602 g/mol. The Morgan fingerprint density at radius 3 is 2.58 bits per heavy atom. The summed E-state index contributed by atoms with van der Waals surface area (Å²) in [5, 5.41) is 0. The zero-order valence-electron chi connectivity index (χ0n) is 21.0. The minimum atomic E-state index is -1.04. The van der Waals surface area contributed by atoms with E-state index < -0.39 is 40.8 Å². The number of rotatable bonds is 5. The van der Waals surface area contributed by atoms with Crippen LogP contribution in [0.5, 0.6) is 0 Å². The van der Waals surface area contributed by atoms with Gasteiger partial charge >= 0.3 is 11.9 Å². The van der Waals surface area contributed by atoms with Gasteiger partial charge in [-0.1, -0.05) is 55.5 Å². The smallest absolute Gasteiger partial charge is 0.316 e. The highest BCUT2D eigenvalue weighted by atomic mass is 127. The van der Waals surface area contributed by atoms with Crippen LogP contribution in [0.4, 0.5) is 0 Å². The van der Waals surface area contributed by atoms with Crippen LogP contribution in [0.2, 0.25) is 0 Å². The molecule has 0 unspecified atom stereocenters. The van der Waals surface area contributed by atoms with Crippen LogP contribution < -0.4 is 0 Å². The van der Waals surface area contributed by atoms with Crippen LogP contribution in [0.1, 0.15) is 45.1 Å². The molecule has 6 nitrogen and oxygen atoms in total. The zero-order valence-corrected chi connectivity index (χ0v) is 23.1. The number of hydrogen-bond donors (Lipinski definition) is 0. The molecule has 0 bridgehead atoms. The van der Waals surface area contributed by atoms with Gasteiger partial charge in [0.2, 0.25) is 0 Å². The normalized spacial score (nSPS) is 39.3. The molecule has 1 heterocycles. The Labute approximate surface area is 225 Å². The quantitative estimate of drug-likeness (QED) is 0.266. The van der Waals surface area contributed by atoms with Gasteiger partial charge in [-0.15, -0.1) is 0 Å². The molecule has 1 aromatic carbocycles. The van der Waals surface area contributed by atoms with Crippen molar-refractivity contribution in [1.29, 1.82) is 0 Å². The molecule has 3 aliphatic carbocycles. The lowest BCUT2D eigenvalue weighted by molar-refractivity contribution is -0.161. The molecule has 1 saturated heterocycles. The molecule has 8 atom stereocenters. The number of ether oxygens (including phenoxy) is 3. The third-order valence-corrected chi connectivity index (χ3v) is 10.5. The third-order valence-electron chi connectivity index (χ3n) is 8.99. The second-order valence-electron chi connectivity index (χ2n) is 10.8. The first-order valence-corrected chi connectivity index (χ1v) is 13.4. The summed E-state index contributed by atoms with van der Waals surface area (Å²) < 4.78 is 18.9. The van der Waals surface area contributed by atoms with Crippen molar-refractivity contribution in [3.63, 3.8) is 0 Å². The molecular weight excluding hydrogens is 571 g/mol. The van der Waals surface area contributed by atoms with Gasteiger partial charge in [-0.3, -0.25) is 14.4 Å². The van der Waals surface area contributed by atoms with Crippen LogP contribution in [0.25, 0.3) is 0 Å². The number of halogens is 1. The largest absolute Gasteiger partial charge is 0.469 e. The van der Waals surface area contributed by atoms with Gasteiger partial charge in [-0.05, 0) is 60.1 Å². The third kappa shape index (κ3) is 3.56. The fourth-order valence-electron chi connectivity index (χ4n) is 6.96. The number of esters is 2. The molecular formula is C29H31IO6. The molecule has 5 rings (SSSR count). The standard InChI is InChI=1S/C29H31IO6/c1-15-18(17-9-7-6-8-10-17)13-20(23(15)30)35-24-16(2)19(14-22(32)34-5)29(4)21(31)11-12-28(3)26(29)25(24)36-27(28)33/h6-12,18-20,24-26H,2,13-14H2,1,3-5H3/t18-,19-,20-,24-,25-,26-,28+,29-/m0/s1. The SMILES string of the molecule is C=C1[C@H](O[C@H]2C[C@H](c3ccccc3)C(C)=C2I)[C@@H]2OC(=O)[C@]3(C)C=CC(=O)[C@@](C)([C@@H]23)[C@H]1CC(=O)OC. The highest BCUT2D eigenvalue weighted by Crippen LogP contribution is 2.63. The van der Waals surface area contributed by atoms with Crippen LogP contribution in [0.3, 0.4) is 0 Å². The van der Waals surface area contributed by atoms with Gasteiger partial charge in [0.05, 0.1) is 25.0 Å². The van der Waals surface area contributed by atoms with E-state index in [-0.39, 0.29) is 30.2 Å². The summed E-state index contributed by atoms with van der Waals surface area (Å²) in [6.07, 6.45) is 2.37. The molecule has 0 aromatic heterocycles. The predicted octanol–water partition coefficient (Wildman–Crippen LogP) is 5.08. The van der Waals surface area contributed by atoms with E-state index in [1.807, 2.05) is 32.0 Å². The lowest BCUT2D eigenvalue weighted by Crippen LogP contribution is -2.61. The molecule has 0 spiro atoms. The minimum Gasteiger partial charge on any atom is -0.469 e. The van der Waals surface area contributed by atoms with Gasteiger partial charge in [0, 0.05) is 26.7 Å². The summed E-state index contributed by atoms with van der Waals surface area (Å²) in [5.41, 5.74) is 1.08.